The summed E-state index contributed by atoms with van der Waals surface area (Å²) in [5.74, 6) is 1.47. The zero-order valence-corrected chi connectivity index (χ0v) is 16.0. The Labute approximate surface area is 161 Å². The molecule has 1 aliphatic heterocycles. The van der Waals surface area contributed by atoms with Gasteiger partial charge >= 0.3 is 0 Å². The highest BCUT2D eigenvalue weighted by Gasteiger charge is 2.16. The van der Waals surface area contributed by atoms with Crippen LogP contribution in [0, 0.1) is 5.92 Å². The number of rotatable bonds is 5. The van der Waals surface area contributed by atoms with Crippen molar-refractivity contribution in [2.75, 3.05) is 29.9 Å². The number of ether oxygens (including phenoxy) is 1. The maximum Gasteiger partial charge on any atom is 0.262 e. The van der Waals surface area contributed by atoms with Crippen molar-refractivity contribution in [3.63, 3.8) is 0 Å². The molecule has 0 atom stereocenters. The van der Waals surface area contributed by atoms with Crippen LogP contribution < -0.4 is 15.0 Å². The van der Waals surface area contributed by atoms with Gasteiger partial charge in [-0.2, -0.15) is 0 Å². The first-order valence-electron chi connectivity index (χ1n) is 10.1. The van der Waals surface area contributed by atoms with Gasteiger partial charge < -0.3 is 15.0 Å². The average Bonchev–Trinajstić information content (AvgIpc) is 3.15. The van der Waals surface area contributed by atoms with E-state index in [1.165, 1.54) is 36.1 Å². The standard InChI is InChI=1S/C23H28N2O2/c1-17-11-13-25(14-12-17)21-8-6-20(7-9-21)24-23(26)16-27-22-10-5-18-3-2-4-19(18)15-22/h5-10,15,17H,2-4,11-14,16H2,1H3,(H,24,26). The lowest BCUT2D eigenvalue weighted by molar-refractivity contribution is -0.118. The lowest BCUT2D eigenvalue weighted by Crippen LogP contribution is -2.32. The van der Waals surface area contributed by atoms with Crippen LogP contribution in [0.2, 0.25) is 0 Å². The third kappa shape index (κ3) is 4.44. The van der Waals surface area contributed by atoms with Gasteiger partial charge in [-0.25, -0.2) is 0 Å². The topological polar surface area (TPSA) is 41.6 Å². The van der Waals surface area contributed by atoms with Gasteiger partial charge in [0, 0.05) is 24.5 Å². The summed E-state index contributed by atoms with van der Waals surface area (Å²) >= 11 is 0. The normalized spacial score (nSPS) is 16.9. The third-order valence-electron chi connectivity index (χ3n) is 5.74. The van der Waals surface area contributed by atoms with Crippen LogP contribution in [0.25, 0.3) is 0 Å². The highest BCUT2D eigenvalue weighted by atomic mass is 16.5. The maximum atomic E-state index is 12.2. The SMILES string of the molecule is CC1CCN(c2ccc(NC(=O)COc3ccc4c(c3)CCC4)cc2)CC1. The molecule has 4 heteroatoms. The number of aryl methyl sites for hydroxylation is 2. The number of fused-ring (bicyclic) bond motifs is 1. The van der Waals surface area contributed by atoms with Gasteiger partial charge in [0.1, 0.15) is 5.75 Å². The monoisotopic (exact) mass is 364 g/mol. The number of nitrogens with zero attached hydrogens (tertiary/aromatic N) is 1. The lowest BCUT2D eigenvalue weighted by Gasteiger charge is -2.32. The molecule has 2 aliphatic rings. The van der Waals surface area contributed by atoms with E-state index in [1.807, 2.05) is 18.2 Å². The minimum atomic E-state index is -0.130. The summed E-state index contributed by atoms with van der Waals surface area (Å²) in [7, 11) is 0. The van der Waals surface area contributed by atoms with Crippen molar-refractivity contribution in [3.8, 4) is 5.75 Å². The van der Waals surface area contributed by atoms with Crippen molar-refractivity contribution < 1.29 is 9.53 Å². The Kier molecular flexibility index (Phi) is 5.33. The molecule has 0 unspecified atom stereocenters. The molecule has 1 fully saturated rings. The van der Waals surface area contributed by atoms with Gasteiger partial charge in [-0.1, -0.05) is 13.0 Å². The summed E-state index contributed by atoms with van der Waals surface area (Å²) in [5.41, 5.74) is 4.81. The van der Waals surface area contributed by atoms with Crippen molar-refractivity contribution in [2.24, 2.45) is 5.92 Å². The highest BCUT2D eigenvalue weighted by molar-refractivity contribution is 5.92. The summed E-state index contributed by atoms with van der Waals surface area (Å²) in [4.78, 5) is 14.6. The van der Waals surface area contributed by atoms with E-state index in [0.29, 0.717) is 0 Å². The summed E-state index contributed by atoms with van der Waals surface area (Å²) in [6.07, 6.45) is 5.98. The van der Waals surface area contributed by atoms with Crippen LogP contribution in [-0.2, 0) is 17.6 Å². The van der Waals surface area contributed by atoms with Gasteiger partial charge in [0.15, 0.2) is 6.61 Å². The molecule has 1 amide bonds. The minimum Gasteiger partial charge on any atom is -0.484 e. The Hall–Kier alpha value is -2.49. The Morgan fingerprint density at radius 3 is 2.59 bits per heavy atom. The molecule has 4 nitrogen and oxygen atoms in total. The zero-order chi connectivity index (χ0) is 18.6. The minimum absolute atomic E-state index is 0.0323. The van der Waals surface area contributed by atoms with E-state index in [2.05, 4.69) is 41.4 Å². The van der Waals surface area contributed by atoms with Gasteiger partial charge in [0.25, 0.3) is 5.91 Å². The predicted octanol–water partition coefficient (Wildman–Crippen LogP) is 4.43. The van der Waals surface area contributed by atoms with Gasteiger partial charge in [-0.15, -0.1) is 0 Å². The first kappa shape index (κ1) is 17.9. The average molecular weight is 364 g/mol. The Balaban J connectivity index is 1.28. The zero-order valence-electron chi connectivity index (χ0n) is 16.0. The smallest absolute Gasteiger partial charge is 0.262 e. The van der Waals surface area contributed by atoms with Crippen molar-refractivity contribution >= 4 is 17.3 Å². The Bertz CT molecular complexity index is 793. The van der Waals surface area contributed by atoms with E-state index in [-0.39, 0.29) is 12.5 Å². The van der Waals surface area contributed by atoms with Gasteiger partial charge in [-0.3, -0.25) is 4.79 Å². The van der Waals surface area contributed by atoms with Crippen LogP contribution >= 0.6 is 0 Å². The van der Waals surface area contributed by atoms with E-state index in [0.717, 1.165) is 43.3 Å². The molecular formula is C23H28N2O2. The second-order valence-corrected chi connectivity index (χ2v) is 7.84. The number of hydrogen-bond acceptors (Lipinski definition) is 3. The fourth-order valence-corrected chi connectivity index (χ4v) is 4.01. The molecule has 0 spiro atoms. The molecule has 1 heterocycles. The van der Waals surface area contributed by atoms with E-state index in [4.69, 9.17) is 4.74 Å². The van der Waals surface area contributed by atoms with E-state index in [1.54, 1.807) is 0 Å². The summed E-state index contributed by atoms with van der Waals surface area (Å²) in [6.45, 7) is 4.58. The first-order chi connectivity index (χ1) is 13.2. The molecule has 1 N–H and O–H groups in total. The third-order valence-corrected chi connectivity index (χ3v) is 5.74. The van der Waals surface area contributed by atoms with Crippen LogP contribution in [-0.4, -0.2) is 25.6 Å². The molecule has 142 valence electrons. The van der Waals surface area contributed by atoms with Gasteiger partial charge in [0.2, 0.25) is 0 Å². The fraction of sp³-hybridized carbons (Fsp3) is 0.435. The molecule has 0 aromatic heterocycles. The van der Waals surface area contributed by atoms with Crippen LogP contribution in [0.4, 0.5) is 11.4 Å². The second-order valence-electron chi connectivity index (χ2n) is 7.84. The molecule has 2 aromatic carbocycles. The molecule has 4 rings (SSSR count). The largest absolute Gasteiger partial charge is 0.484 e. The lowest BCUT2D eigenvalue weighted by atomic mass is 9.99. The quantitative estimate of drug-likeness (QED) is 0.853. The molecule has 1 aliphatic carbocycles. The van der Waals surface area contributed by atoms with Gasteiger partial charge in [0.05, 0.1) is 0 Å². The summed E-state index contributed by atoms with van der Waals surface area (Å²) in [6, 6.07) is 14.3. The van der Waals surface area contributed by atoms with E-state index in [9.17, 15) is 4.79 Å². The number of piperidine rings is 1. The summed E-state index contributed by atoms with van der Waals surface area (Å²) < 4.78 is 5.67. The summed E-state index contributed by atoms with van der Waals surface area (Å²) in [5, 5.41) is 2.92. The number of carbonyl (C=O) groups excluding carboxylic acids is 1. The van der Waals surface area contributed by atoms with Crippen LogP contribution in [0.1, 0.15) is 37.3 Å². The number of amides is 1. The van der Waals surface area contributed by atoms with E-state index < -0.39 is 0 Å². The van der Waals surface area contributed by atoms with Crippen LogP contribution in [0.3, 0.4) is 0 Å². The second kappa shape index (κ2) is 8.03. The number of hydrogen-bond donors (Lipinski definition) is 1. The molecule has 0 radical (unpaired) electrons. The Morgan fingerprint density at radius 2 is 1.81 bits per heavy atom. The van der Waals surface area contributed by atoms with Crippen LogP contribution in [0.5, 0.6) is 5.75 Å². The molecule has 1 saturated heterocycles. The number of benzene rings is 2. The van der Waals surface area contributed by atoms with E-state index >= 15 is 0 Å². The molecule has 2 aromatic rings. The predicted molar refractivity (Wildman–Crippen MR) is 110 cm³/mol. The van der Waals surface area contributed by atoms with Crippen molar-refractivity contribution in [2.45, 2.75) is 39.0 Å². The number of anilines is 2. The highest BCUT2D eigenvalue weighted by Crippen LogP contribution is 2.26. The van der Waals surface area contributed by atoms with Crippen molar-refractivity contribution in [1.29, 1.82) is 0 Å². The van der Waals surface area contributed by atoms with Crippen LogP contribution in [0.15, 0.2) is 42.5 Å². The van der Waals surface area contributed by atoms with Crippen molar-refractivity contribution in [1.82, 2.24) is 0 Å². The fourth-order valence-electron chi connectivity index (χ4n) is 4.01. The Morgan fingerprint density at radius 1 is 1.07 bits per heavy atom. The molecule has 0 bridgehead atoms. The molecular weight excluding hydrogens is 336 g/mol. The maximum absolute atomic E-state index is 12.2. The first-order valence-corrected chi connectivity index (χ1v) is 10.1. The molecule has 0 saturated carbocycles. The molecule has 27 heavy (non-hydrogen) atoms. The number of nitrogens with one attached hydrogen (secondary N) is 1. The van der Waals surface area contributed by atoms with Gasteiger partial charge in [-0.05, 0) is 85.5 Å². The number of carbonyl (C=O) groups is 1. The van der Waals surface area contributed by atoms with Crippen molar-refractivity contribution in [3.05, 3.63) is 53.6 Å².